The molecule has 0 fully saturated rings. The number of alkyl halides is 3. The molecule has 0 radical (unpaired) electrons. The van der Waals surface area contributed by atoms with E-state index in [0.29, 0.717) is 6.61 Å². The van der Waals surface area contributed by atoms with Crippen molar-refractivity contribution >= 4 is 15.7 Å². The highest BCUT2D eigenvalue weighted by Gasteiger charge is 2.34. The third-order valence-corrected chi connectivity index (χ3v) is 3.83. The molecule has 1 rings (SSSR count). The van der Waals surface area contributed by atoms with Crippen molar-refractivity contribution in [3.05, 3.63) is 29.3 Å². The Labute approximate surface area is 121 Å². The van der Waals surface area contributed by atoms with Crippen LogP contribution < -0.4 is 10.5 Å². The lowest BCUT2D eigenvalue weighted by Gasteiger charge is -2.16. The van der Waals surface area contributed by atoms with Gasteiger partial charge in [0.15, 0.2) is 0 Å². The summed E-state index contributed by atoms with van der Waals surface area (Å²) in [7, 11) is -3.92. The monoisotopic (exact) mass is 326 g/mol. The van der Waals surface area contributed by atoms with E-state index in [1.165, 1.54) is 6.07 Å². The fraction of sp³-hybridized carbons (Fsp3) is 0.500. The molecule has 0 saturated carbocycles. The van der Waals surface area contributed by atoms with Crippen molar-refractivity contribution in [3.8, 4) is 0 Å². The van der Waals surface area contributed by atoms with Gasteiger partial charge < -0.3 is 10.5 Å². The topological polar surface area (TPSA) is 81.4 Å². The number of nitrogens with two attached hydrogens (primary N) is 1. The van der Waals surface area contributed by atoms with Crippen molar-refractivity contribution in [1.29, 1.82) is 0 Å². The van der Waals surface area contributed by atoms with Gasteiger partial charge in [-0.3, -0.25) is 4.72 Å². The number of nitrogens with one attached hydrogen (secondary N) is 1. The molecule has 0 heterocycles. The molecule has 0 bridgehead atoms. The second kappa shape index (κ2) is 7.10. The quantitative estimate of drug-likeness (QED) is 0.750. The van der Waals surface area contributed by atoms with Crippen LogP contribution in [0.5, 0.6) is 0 Å². The van der Waals surface area contributed by atoms with E-state index in [2.05, 4.69) is 0 Å². The van der Waals surface area contributed by atoms with Crippen molar-refractivity contribution in [2.45, 2.75) is 19.6 Å². The van der Waals surface area contributed by atoms with Gasteiger partial charge in [0.25, 0.3) is 0 Å². The first-order chi connectivity index (χ1) is 9.69. The standard InChI is InChI=1S/C12H17F3N2O3S/c1-2-20-5-6-21(18,19)17-11-4-3-9(8-16)7-10(11)12(13,14)15/h3-4,7,17H,2,5-6,8,16H2,1H3. The van der Waals surface area contributed by atoms with Crippen molar-refractivity contribution in [2.24, 2.45) is 5.73 Å². The molecule has 0 atom stereocenters. The van der Waals surface area contributed by atoms with Gasteiger partial charge in [-0.25, -0.2) is 8.42 Å². The predicted octanol–water partition coefficient (Wildman–Crippen LogP) is 1.94. The average molecular weight is 326 g/mol. The van der Waals surface area contributed by atoms with Gasteiger partial charge in [-0.1, -0.05) is 6.07 Å². The van der Waals surface area contributed by atoms with Crippen LogP contribution in [-0.4, -0.2) is 27.4 Å². The second-order valence-corrected chi connectivity index (χ2v) is 6.04. The van der Waals surface area contributed by atoms with Crippen molar-refractivity contribution in [1.82, 2.24) is 0 Å². The number of halogens is 3. The van der Waals surface area contributed by atoms with E-state index in [1.807, 2.05) is 4.72 Å². The fourth-order valence-corrected chi connectivity index (χ4v) is 2.53. The minimum Gasteiger partial charge on any atom is -0.381 e. The largest absolute Gasteiger partial charge is 0.418 e. The maximum Gasteiger partial charge on any atom is 0.418 e. The molecule has 0 aliphatic heterocycles. The maximum absolute atomic E-state index is 12.9. The Kier molecular flexibility index (Phi) is 5.99. The summed E-state index contributed by atoms with van der Waals surface area (Å²) in [6, 6.07) is 3.24. The predicted molar refractivity (Wildman–Crippen MR) is 73.2 cm³/mol. The molecule has 0 amide bonds. The molecule has 3 N–H and O–H groups in total. The van der Waals surface area contributed by atoms with Crippen LogP contribution in [-0.2, 0) is 27.5 Å². The van der Waals surface area contributed by atoms with Gasteiger partial charge in [-0.2, -0.15) is 13.2 Å². The van der Waals surface area contributed by atoms with Gasteiger partial charge in [-0.05, 0) is 24.6 Å². The molecule has 0 aromatic heterocycles. The lowest BCUT2D eigenvalue weighted by molar-refractivity contribution is -0.136. The SMILES string of the molecule is CCOCCS(=O)(=O)Nc1ccc(CN)cc1C(F)(F)F. The number of hydrogen-bond donors (Lipinski definition) is 2. The molecule has 0 aliphatic carbocycles. The molecular formula is C12H17F3N2O3S. The van der Waals surface area contributed by atoms with Crippen LogP contribution in [0, 0.1) is 0 Å². The Morgan fingerprint density at radius 2 is 2.00 bits per heavy atom. The first-order valence-electron chi connectivity index (χ1n) is 6.18. The molecule has 1 aromatic carbocycles. The fourth-order valence-electron chi connectivity index (χ4n) is 1.57. The summed E-state index contributed by atoms with van der Waals surface area (Å²) in [6.07, 6.45) is -4.68. The van der Waals surface area contributed by atoms with Gasteiger partial charge in [-0.15, -0.1) is 0 Å². The highest BCUT2D eigenvalue weighted by Crippen LogP contribution is 2.35. The van der Waals surface area contributed by atoms with E-state index in [-0.39, 0.29) is 18.7 Å². The number of benzene rings is 1. The number of sulfonamides is 1. The van der Waals surface area contributed by atoms with Crippen molar-refractivity contribution < 1.29 is 26.3 Å². The maximum atomic E-state index is 12.9. The molecule has 0 saturated heterocycles. The number of hydrogen-bond acceptors (Lipinski definition) is 4. The first kappa shape index (κ1) is 17.7. The molecule has 1 aromatic rings. The Hall–Kier alpha value is -1.32. The van der Waals surface area contributed by atoms with Gasteiger partial charge in [0, 0.05) is 13.2 Å². The second-order valence-electron chi connectivity index (χ2n) is 4.20. The van der Waals surface area contributed by atoms with Crippen LogP contribution >= 0.6 is 0 Å². The zero-order valence-electron chi connectivity index (χ0n) is 11.4. The summed E-state index contributed by atoms with van der Waals surface area (Å²) < 4.78 is 69.1. The lowest BCUT2D eigenvalue weighted by Crippen LogP contribution is -2.22. The number of anilines is 1. The third kappa shape index (κ3) is 5.52. The molecule has 0 aliphatic rings. The minimum absolute atomic E-state index is 0.0690. The molecule has 5 nitrogen and oxygen atoms in total. The lowest BCUT2D eigenvalue weighted by atomic mass is 10.1. The van der Waals surface area contributed by atoms with Crippen molar-refractivity contribution in [2.75, 3.05) is 23.7 Å². The smallest absolute Gasteiger partial charge is 0.381 e. The Balaban J connectivity index is 3.02. The molecule has 0 spiro atoms. The van der Waals surface area contributed by atoms with Crippen LogP contribution in [0.1, 0.15) is 18.1 Å². The molecule has 21 heavy (non-hydrogen) atoms. The zero-order valence-corrected chi connectivity index (χ0v) is 12.2. The van der Waals surface area contributed by atoms with Crippen LogP contribution in [0.3, 0.4) is 0 Å². The van der Waals surface area contributed by atoms with Crippen LogP contribution in [0.2, 0.25) is 0 Å². The summed E-state index contributed by atoms with van der Waals surface area (Å²) in [6.45, 7) is 1.86. The van der Waals surface area contributed by atoms with E-state index < -0.39 is 33.2 Å². The average Bonchev–Trinajstić information content (AvgIpc) is 2.37. The third-order valence-electron chi connectivity index (χ3n) is 2.59. The Morgan fingerprint density at radius 1 is 1.33 bits per heavy atom. The zero-order chi connectivity index (χ0) is 16.1. The summed E-state index contributed by atoms with van der Waals surface area (Å²) in [5.41, 5.74) is 3.98. The van der Waals surface area contributed by atoms with Gasteiger partial charge >= 0.3 is 6.18 Å². The van der Waals surface area contributed by atoms with Crippen molar-refractivity contribution in [3.63, 3.8) is 0 Å². The van der Waals surface area contributed by atoms with Gasteiger partial charge in [0.05, 0.1) is 23.6 Å². The number of ether oxygens (including phenoxy) is 1. The normalized spacial score (nSPS) is 12.4. The van der Waals surface area contributed by atoms with E-state index >= 15 is 0 Å². The van der Waals surface area contributed by atoms with Crippen LogP contribution in [0.15, 0.2) is 18.2 Å². The van der Waals surface area contributed by atoms with Gasteiger partial charge in [0.1, 0.15) is 0 Å². The summed E-state index contributed by atoms with van der Waals surface area (Å²) in [4.78, 5) is 0. The van der Waals surface area contributed by atoms with E-state index in [1.54, 1.807) is 6.92 Å². The molecule has 120 valence electrons. The summed E-state index contributed by atoms with van der Waals surface area (Å²) >= 11 is 0. The van der Waals surface area contributed by atoms with Crippen LogP contribution in [0.25, 0.3) is 0 Å². The Morgan fingerprint density at radius 3 is 2.52 bits per heavy atom. The number of rotatable bonds is 7. The van der Waals surface area contributed by atoms with Gasteiger partial charge in [0.2, 0.25) is 10.0 Å². The highest BCUT2D eigenvalue weighted by atomic mass is 32.2. The summed E-state index contributed by atoms with van der Waals surface area (Å²) in [5.74, 6) is -0.420. The minimum atomic E-state index is -4.68. The highest BCUT2D eigenvalue weighted by molar-refractivity contribution is 7.92. The van der Waals surface area contributed by atoms with Crippen LogP contribution in [0.4, 0.5) is 18.9 Å². The Bertz CT molecular complexity index is 574. The van der Waals surface area contributed by atoms with E-state index in [9.17, 15) is 21.6 Å². The van der Waals surface area contributed by atoms with E-state index in [0.717, 1.165) is 12.1 Å². The molecule has 9 heteroatoms. The van der Waals surface area contributed by atoms with E-state index in [4.69, 9.17) is 10.5 Å². The first-order valence-corrected chi connectivity index (χ1v) is 7.83. The summed E-state index contributed by atoms with van der Waals surface area (Å²) in [5, 5.41) is 0. The molecule has 0 unspecified atom stereocenters. The molecular weight excluding hydrogens is 309 g/mol.